The summed E-state index contributed by atoms with van der Waals surface area (Å²) in [7, 11) is 0. The molecule has 1 aliphatic heterocycles. The maximum absolute atomic E-state index is 13.2. The lowest BCUT2D eigenvalue weighted by Gasteiger charge is -2.34. The van der Waals surface area contributed by atoms with Crippen LogP contribution in [-0.2, 0) is 11.0 Å². The Morgan fingerprint density at radius 1 is 0.968 bits per heavy atom. The van der Waals surface area contributed by atoms with E-state index in [9.17, 15) is 22.8 Å². The van der Waals surface area contributed by atoms with Crippen LogP contribution in [0.15, 0.2) is 55.0 Å². The highest BCUT2D eigenvalue weighted by atomic mass is 19.4. The third kappa shape index (κ3) is 4.05. The quantitative estimate of drug-likeness (QED) is 0.641. The van der Waals surface area contributed by atoms with Crippen LogP contribution in [0.4, 0.5) is 13.2 Å². The summed E-state index contributed by atoms with van der Waals surface area (Å²) in [6.45, 7) is 3.10. The van der Waals surface area contributed by atoms with Gasteiger partial charge in [0.2, 0.25) is 5.91 Å². The largest absolute Gasteiger partial charge is 0.416 e. The first-order valence-corrected chi connectivity index (χ1v) is 9.69. The molecular weight excluding hydrogens is 411 g/mol. The first kappa shape index (κ1) is 20.7. The summed E-state index contributed by atoms with van der Waals surface area (Å²) in [5.74, 6) is 0.0194. The van der Waals surface area contributed by atoms with E-state index in [-0.39, 0.29) is 23.1 Å². The van der Waals surface area contributed by atoms with Crippen LogP contribution in [0.1, 0.15) is 22.8 Å². The monoisotopic (exact) mass is 431 g/mol. The Bertz CT molecular complexity index is 1100. The highest BCUT2D eigenvalue weighted by Crippen LogP contribution is 2.31. The molecule has 162 valence electrons. The predicted molar refractivity (Wildman–Crippen MR) is 106 cm³/mol. The van der Waals surface area contributed by atoms with Gasteiger partial charge in [-0.3, -0.25) is 9.59 Å². The van der Waals surface area contributed by atoms with Crippen molar-refractivity contribution < 1.29 is 22.8 Å². The first-order chi connectivity index (χ1) is 14.8. The van der Waals surface area contributed by atoms with E-state index in [0.717, 1.165) is 12.1 Å². The summed E-state index contributed by atoms with van der Waals surface area (Å²) in [4.78, 5) is 28.1. The lowest BCUT2D eigenvalue weighted by molar-refractivity contribution is -0.137. The minimum atomic E-state index is -4.49. The average Bonchev–Trinajstić information content (AvgIpc) is 3.42. The maximum atomic E-state index is 13.2. The van der Waals surface area contributed by atoms with E-state index in [2.05, 4.69) is 5.10 Å². The summed E-state index contributed by atoms with van der Waals surface area (Å²) in [6, 6.07) is 8.31. The summed E-state index contributed by atoms with van der Waals surface area (Å²) >= 11 is 0. The van der Waals surface area contributed by atoms with Crippen molar-refractivity contribution in [3.8, 4) is 11.5 Å². The van der Waals surface area contributed by atoms with E-state index in [4.69, 9.17) is 0 Å². The molecule has 0 atom stereocenters. The molecule has 0 radical (unpaired) electrons. The van der Waals surface area contributed by atoms with Gasteiger partial charge in [-0.1, -0.05) is 6.07 Å². The molecule has 0 unspecified atom stereocenters. The number of nitrogens with zero attached hydrogens (tertiary/aromatic N) is 5. The SMILES string of the molecule is CC(=O)N1CCN(C(=O)c2cnn(-c3cccc(C(F)(F)F)c3)c2-n2cccc2)CC1. The second-order valence-electron chi connectivity index (χ2n) is 7.23. The Balaban J connectivity index is 1.72. The van der Waals surface area contributed by atoms with Crippen molar-refractivity contribution in [2.24, 2.45) is 0 Å². The summed E-state index contributed by atoms with van der Waals surface area (Å²) < 4.78 is 42.6. The molecule has 31 heavy (non-hydrogen) atoms. The van der Waals surface area contributed by atoms with Gasteiger partial charge < -0.3 is 14.4 Å². The Kier molecular flexibility index (Phi) is 5.30. The molecule has 1 fully saturated rings. The molecule has 0 spiro atoms. The normalized spacial score (nSPS) is 14.7. The van der Waals surface area contributed by atoms with E-state index in [1.54, 1.807) is 38.9 Å². The number of rotatable bonds is 3. The van der Waals surface area contributed by atoms with E-state index < -0.39 is 11.7 Å². The van der Waals surface area contributed by atoms with Crippen molar-refractivity contribution in [1.29, 1.82) is 0 Å². The third-order valence-electron chi connectivity index (χ3n) is 5.25. The topological polar surface area (TPSA) is 63.4 Å². The van der Waals surface area contributed by atoms with Crippen molar-refractivity contribution in [3.05, 3.63) is 66.1 Å². The molecule has 10 heteroatoms. The predicted octanol–water partition coefficient (Wildman–Crippen LogP) is 2.99. The van der Waals surface area contributed by atoms with Crippen LogP contribution >= 0.6 is 0 Å². The van der Waals surface area contributed by atoms with E-state index in [1.165, 1.54) is 29.9 Å². The molecule has 1 aromatic carbocycles. The van der Waals surface area contributed by atoms with Crippen LogP contribution in [-0.4, -0.2) is 62.1 Å². The molecule has 3 aromatic rings. The summed E-state index contributed by atoms with van der Waals surface area (Å²) in [5, 5.41) is 4.24. The molecule has 2 aromatic heterocycles. The molecule has 1 aliphatic rings. The fraction of sp³-hybridized carbons (Fsp3) is 0.286. The second-order valence-corrected chi connectivity index (χ2v) is 7.23. The van der Waals surface area contributed by atoms with E-state index >= 15 is 0 Å². The van der Waals surface area contributed by atoms with Crippen molar-refractivity contribution in [3.63, 3.8) is 0 Å². The first-order valence-electron chi connectivity index (χ1n) is 9.69. The van der Waals surface area contributed by atoms with Gasteiger partial charge in [0.15, 0.2) is 5.82 Å². The molecule has 4 rings (SSSR count). The minimum Gasteiger partial charge on any atom is -0.339 e. The van der Waals surface area contributed by atoms with Gasteiger partial charge in [-0.05, 0) is 30.3 Å². The van der Waals surface area contributed by atoms with Crippen molar-refractivity contribution in [1.82, 2.24) is 24.1 Å². The van der Waals surface area contributed by atoms with Gasteiger partial charge in [0.05, 0.1) is 17.4 Å². The molecule has 2 amide bonds. The number of alkyl halides is 3. The van der Waals surface area contributed by atoms with Crippen LogP contribution in [0.2, 0.25) is 0 Å². The van der Waals surface area contributed by atoms with Gasteiger partial charge in [0.1, 0.15) is 5.56 Å². The van der Waals surface area contributed by atoms with Crippen LogP contribution in [0, 0.1) is 0 Å². The third-order valence-corrected chi connectivity index (χ3v) is 5.25. The van der Waals surface area contributed by atoms with Crippen LogP contribution in [0.25, 0.3) is 11.5 Å². The van der Waals surface area contributed by atoms with Gasteiger partial charge in [-0.25, -0.2) is 4.68 Å². The van der Waals surface area contributed by atoms with Gasteiger partial charge in [-0.15, -0.1) is 0 Å². The van der Waals surface area contributed by atoms with Crippen LogP contribution < -0.4 is 0 Å². The second kappa shape index (κ2) is 7.93. The number of carbonyl (C=O) groups excluding carboxylic acids is 2. The Hall–Kier alpha value is -3.56. The van der Waals surface area contributed by atoms with Gasteiger partial charge in [-0.2, -0.15) is 18.3 Å². The van der Waals surface area contributed by atoms with Crippen molar-refractivity contribution >= 4 is 11.8 Å². The fourth-order valence-electron chi connectivity index (χ4n) is 3.61. The molecule has 7 nitrogen and oxygen atoms in total. The number of benzene rings is 1. The molecule has 3 heterocycles. The Morgan fingerprint density at radius 2 is 1.61 bits per heavy atom. The van der Waals surface area contributed by atoms with E-state index in [0.29, 0.717) is 32.0 Å². The fourth-order valence-corrected chi connectivity index (χ4v) is 3.61. The van der Waals surface area contributed by atoms with E-state index in [1.807, 2.05) is 0 Å². The molecule has 0 bridgehead atoms. The lowest BCUT2D eigenvalue weighted by Crippen LogP contribution is -2.50. The molecule has 1 saturated heterocycles. The van der Waals surface area contributed by atoms with Crippen molar-refractivity contribution in [2.75, 3.05) is 26.2 Å². The molecule has 0 saturated carbocycles. The van der Waals surface area contributed by atoms with Gasteiger partial charge in [0, 0.05) is 45.5 Å². The zero-order valence-corrected chi connectivity index (χ0v) is 16.7. The number of aromatic nitrogens is 3. The number of hydrogen-bond donors (Lipinski definition) is 0. The number of hydrogen-bond acceptors (Lipinski definition) is 3. The number of amides is 2. The van der Waals surface area contributed by atoms with Gasteiger partial charge in [0.25, 0.3) is 5.91 Å². The van der Waals surface area contributed by atoms with Gasteiger partial charge >= 0.3 is 6.18 Å². The summed E-state index contributed by atoms with van der Waals surface area (Å²) in [6.07, 6.45) is 0.276. The van der Waals surface area contributed by atoms with Crippen LogP contribution in [0.5, 0.6) is 0 Å². The zero-order valence-electron chi connectivity index (χ0n) is 16.7. The lowest BCUT2D eigenvalue weighted by atomic mass is 10.2. The number of halogens is 3. The molecule has 0 N–H and O–H groups in total. The van der Waals surface area contributed by atoms with Crippen LogP contribution in [0.3, 0.4) is 0 Å². The highest BCUT2D eigenvalue weighted by Gasteiger charge is 2.32. The molecular formula is C21H20F3N5O2. The summed E-state index contributed by atoms with van der Waals surface area (Å²) in [5.41, 5.74) is -0.337. The number of piperazine rings is 1. The average molecular weight is 431 g/mol. The highest BCUT2D eigenvalue weighted by molar-refractivity contribution is 5.97. The number of carbonyl (C=O) groups is 2. The minimum absolute atomic E-state index is 0.0440. The standard InChI is InChI=1S/C21H20F3N5O2/c1-15(30)26-9-11-28(12-10-26)20(31)18-14-25-29(19(18)27-7-2-3-8-27)17-6-4-5-16(13-17)21(22,23)24/h2-8,13-14H,9-12H2,1H3. The maximum Gasteiger partial charge on any atom is 0.416 e. The smallest absolute Gasteiger partial charge is 0.339 e. The Labute approximate surface area is 176 Å². The zero-order chi connectivity index (χ0) is 22.2. The van der Waals surface area contributed by atoms with Crippen molar-refractivity contribution in [2.45, 2.75) is 13.1 Å². The Morgan fingerprint density at radius 3 is 2.23 bits per heavy atom. The molecule has 0 aliphatic carbocycles.